The Hall–Kier alpha value is -1.39. The maximum absolute atomic E-state index is 5.32. The van der Waals surface area contributed by atoms with Crippen LogP contribution in [0.15, 0.2) is 34.6 Å². The lowest BCUT2D eigenvalue weighted by atomic mass is 10.1. The minimum Gasteiger partial charge on any atom is -0.497 e. The minimum atomic E-state index is 0. The molecule has 1 aromatic carbocycles. The molecule has 6 nitrogen and oxygen atoms in total. The van der Waals surface area contributed by atoms with Gasteiger partial charge in [-0.05, 0) is 50.6 Å². The second-order valence-corrected chi connectivity index (χ2v) is 8.24. The number of nitrogens with zero attached hydrogens (tertiary/aromatic N) is 4. The van der Waals surface area contributed by atoms with E-state index in [1.807, 2.05) is 26.1 Å². The highest BCUT2D eigenvalue weighted by Crippen LogP contribution is 2.26. The second-order valence-electron chi connectivity index (χ2n) is 7.17. The first-order chi connectivity index (χ1) is 13.6. The second kappa shape index (κ2) is 11.7. The molecule has 29 heavy (non-hydrogen) atoms. The third kappa shape index (κ3) is 6.55. The zero-order valence-electron chi connectivity index (χ0n) is 17.7. The summed E-state index contributed by atoms with van der Waals surface area (Å²) in [4.78, 5) is 13.7. The van der Waals surface area contributed by atoms with Crippen LogP contribution >= 0.6 is 35.3 Å². The lowest BCUT2D eigenvalue weighted by molar-refractivity contribution is 0.243. The third-order valence-electron chi connectivity index (χ3n) is 5.17. The maximum atomic E-state index is 5.32. The number of guanidine groups is 1. The normalized spacial score (nSPS) is 15.7. The number of rotatable bonds is 7. The number of hydrogen-bond donors (Lipinski definition) is 1. The van der Waals surface area contributed by atoms with Crippen molar-refractivity contribution in [2.75, 3.05) is 40.8 Å². The van der Waals surface area contributed by atoms with E-state index in [-0.39, 0.29) is 24.0 Å². The topological polar surface area (TPSA) is 53.0 Å². The van der Waals surface area contributed by atoms with Crippen LogP contribution in [-0.2, 0) is 6.54 Å². The first-order valence-electron chi connectivity index (χ1n) is 9.81. The smallest absolute Gasteiger partial charge is 0.193 e. The molecule has 8 heteroatoms. The zero-order chi connectivity index (χ0) is 19.9. The number of ether oxygens (including phenoxy) is 1. The van der Waals surface area contributed by atoms with E-state index in [0.29, 0.717) is 6.04 Å². The van der Waals surface area contributed by atoms with Crippen molar-refractivity contribution >= 4 is 41.3 Å². The molecule has 1 unspecified atom stereocenters. The van der Waals surface area contributed by atoms with Gasteiger partial charge in [0, 0.05) is 26.0 Å². The van der Waals surface area contributed by atoms with Crippen molar-refractivity contribution in [2.24, 2.45) is 4.99 Å². The number of halogens is 1. The SMILES string of the molecule is CN=C(NCC(c1ccc(OC)cc1)N1CCCC1)N(C)Cc1csc(C)n1.I. The molecular weight excluding hydrogens is 497 g/mol. The number of aromatic nitrogens is 1. The molecular formula is C21H32IN5OS. The van der Waals surface area contributed by atoms with Crippen LogP contribution in [0.4, 0.5) is 0 Å². The van der Waals surface area contributed by atoms with Gasteiger partial charge in [-0.1, -0.05) is 12.1 Å². The van der Waals surface area contributed by atoms with Crippen molar-refractivity contribution in [2.45, 2.75) is 32.4 Å². The first kappa shape index (κ1) is 23.9. The first-order valence-corrected chi connectivity index (χ1v) is 10.7. The van der Waals surface area contributed by atoms with Gasteiger partial charge in [-0.15, -0.1) is 35.3 Å². The number of nitrogens with one attached hydrogen (secondary N) is 1. The quantitative estimate of drug-likeness (QED) is 0.335. The highest BCUT2D eigenvalue weighted by Gasteiger charge is 2.24. The van der Waals surface area contributed by atoms with Gasteiger partial charge >= 0.3 is 0 Å². The van der Waals surface area contributed by atoms with Crippen molar-refractivity contribution in [3.63, 3.8) is 0 Å². The Bertz CT molecular complexity index is 774. The van der Waals surface area contributed by atoms with Crippen molar-refractivity contribution in [3.8, 4) is 5.75 Å². The van der Waals surface area contributed by atoms with Crippen LogP contribution in [0.5, 0.6) is 5.75 Å². The van der Waals surface area contributed by atoms with Crippen LogP contribution in [0, 0.1) is 6.92 Å². The van der Waals surface area contributed by atoms with Gasteiger partial charge in [0.25, 0.3) is 0 Å². The zero-order valence-corrected chi connectivity index (χ0v) is 20.9. The van der Waals surface area contributed by atoms with Gasteiger partial charge < -0.3 is 15.0 Å². The molecule has 1 atom stereocenters. The lowest BCUT2D eigenvalue weighted by Crippen LogP contribution is -2.43. The molecule has 0 bridgehead atoms. The molecule has 1 aromatic heterocycles. The molecule has 0 amide bonds. The predicted octanol–water partition coefficient (Wildman–Crippen LogP) is 3.92. The molecule has 1 aliphatic rings. The van der Waals surface area contributed by atoms with Crippen LogP contribution in [0.25, 0.3) is 0 Å². The molecule has 1 fully saturated rings. The van der Waals surface area contributed by atoms with E-state index in [4.69, 9.17) is 4.74 Å². The summed E-state index contributed by atoms with van der Waals surface area (Å²) in [5, 5.41) is 6.79. The summed E-state index contributed by atoms with van der Waals surface area (Å²) in [5.74, 6) is 1.79. The Morgan fingerprint density at radius 1 is 1.31 bits per heavy atom. The van der Waals surface area contributed by atoms with Crippen LogP contribution in [-0.4, -0.2) is 61.6 Å². The molecule has 0 aliphatic carbocycles. The Morgan fingerprint density at radius 3 is 2.55 bits per heavy atom. The van der Waals surface area contributed by atoms with E-state index in [2.05, 4.69) is 49.7 Å². The van der Waals surface area contributed by atoms with Gasteiger partial charge in [-0.3, -0.25) is 9.89 Å². The largest absolute Gasteiger partial charge is 0.497 e. The van der Waals surface area contributed by atoms with Gasteiger partial charge in [-0.2, -0.15) is 0 Å². The van der Waals surface area contributed by atoms with Crippen LogP contribution in [0.1, 0.15) is 35.1 Å². The molecule has 1 aliphatic heterocycles. The number of aryl methyl sites for hydroxylation is 1. The molecule has 0 spiro atoms. The predicted molar refractivity (Wildman–Crippen MR) is 132 cm³/mol. The summed E-state index contributed by atoms with van der Waals surface area (Å²) in [5.41, 5.74) is 2.39. The Labute approximate surface area is 195 Å². The van der Waals surface area contributed by atoms with E-state index in [0.717, 1.165) is 48.6 Å². The average Bonchev–Trinajstić information content (AvgIpc) is 3.37. The Kier molecular flexibility index (Phi) is 9.64. The van der Waals surface area contributed by atoms with Crippen molar-refractivity contribution in [1.82, 2.24) is 20.1 Å². The fraction of sp³-hybridized carbons (Fsp3) is 0.524. The lowest BCUT2D eigenvalue weighted by Gasteiger charge is -2.30. The standard InChI is InChI=1S/C21H31N5OS.HI/c1-16-24-18(15-28-16)14-25(3)21(22-2)23-13-20(26-11-5-6-12-26)17-7-9-19(27-4)10-8-17;/h7-10,15,20H,5-6,11-14H2,1-4H3,(H,22,23);1H. The molecule has 0 radical (unpaired) electrons. The van der Waals surface area contributed by atoms with E-state index >= 15 is 0 Å². The maximum Gasteiger partial charge on any atom is 0.193 e. The molecule has 1 N–H and O–H groups in total. The molecule has 160 valence electrons. The number of benzene rings is 1. The molecule has 1 saturated heterocycles. The summed E-state index contributed by atoms with van der Waals surface area (Å²) < 4.78 is 5.32. The Morgan fingerprint density at radius 2 is 2.00 bits per heavy atom. The molecule has 3 rings (SSSR count). The highest BCUT2D eigenvalue weighted by molar-refractivity contribution is 14.0. The van der Waals surface area contributed by atoms with E-state index in [1.54, 1.807) is 18.4 Å². The number of likely N-dealkylation sites (tertiary alicyclic amines) is 1. The summed E-state index contributed by atoms with van der Waals surface area (Å²) in [7, 11) is 5.60. The van der Waals surface area contributed by atoms with E-state index in [9.17, 15) is 0 Å². The van der Waals surface area contributed by atoms with Gasteiger partial charge in [0.2, 0.25) is 0 Å². The van der Waals surface area contributed by atoms with Gasteiger partial charge in [-0.25, -0.2) is 4.98 Å². The highest BCUT2D eigenvalue weighted by atomic mass is 127. The van der Waals surface area contributed by atoms with Crippen molar-refractivity contribution in [1.29, 1.82) is 0 Å². The monoisotopic (exact) mass is 529 g/mol. The summed E-state index contributed by atoms with van der Waals surface area (Å²) in [6, 6.07) is 8.76. The Balaban J connectivity index is 0.00000300. The fourth-order valence-electron chi connectivity index (χ4n) is 3.71. The van der Waals surface area contributed by atoms with Crippen molar-refractivity contribution < 1.29 is 4.74 Å². The summed E-state index contributed by atoms with van der Waals surface area (Å²) in [6.45, 7) is 5.90. The van der Waals surface area contributed by atoms with Crippen molar-refractivity contribution in [3.05, 3.63) is 45.9 Å². The number of hydrogen-bond acceptors (Lipinski definition) is 5. The van der Waals surface area contributed by atoms with Crippen LogP contribution in [0.3, 0.4) is 0 Å². The minimum absolute atomic E-state index is 0. The van der Waals surface area contributed by atoms with E-state index in [1.165, 1.54) is 18.4 Å². The van der Waals surface area contributed by atoms with Gasteiger partial charge in [0.1, 0.15) is 5.75 Å². The number of thiazole rings is 1. The fourth-order valence-corrected chi connectivity index (χ4v) is 4.31. The number of methoxy groups -OCH3 is 1. The molecule has 0 saturated carbocycles. The molecule has 2 aromatic rings. The summed E-state index contributed by atoms with van der Waals surface area (Å²) in [6.07, 6.45) is 2.54. The third-order valence-corrected chi connectivity index (χ3v) is 6.00. The van der Waals surface area contributed by atoms with Gasteiger partial charge in [0.05, 0.1) is 30.4 Å². The number of aliphatic imine (C=N–C) groups is 1. The van der Waals surface area contributed by atoms with E-state index < -0.39 is 0 Å². The van der Waals surface area contributed by atoms with Gasteiger partial charge in [0.15, 0.2) is 5.96 Å². The van der Waals surface area contributed by atoms with Crippen LogP contribution < -0.4 is 10.1 Å². The molecule has 2 heterocycles. The summed E-state index contributed by atoms with van der Waals surface area (Å²) >= 11 is 1.69. The average molecular weight is 529 g/mol. The van der Waals surface area contributed by atoms with Crippen LogP contribution in [0.2, 0.25) is 0 Å².